The van der Waals surface area contributed by atoms with E-state index in [2.05, 4.69) is 5.32 Å². The predicted octanol–water partition coefficient (Wildman–Crippen LogP) is 2.67. The second-order valence-corrected chi connectivity index (χ2v) is 2.70. The zero-order valence-electron chi connectivity index (χ0n) is 7.56. The molecule has 0 bridgehead atoms. The van der Waals surface area contributed by atoms with Crippen LogP contribution in [-0.4, -0.2) is 19.8 Å². The summed E-state index contributed by atoms with van der Waals surface area (Å²) >= 11 is 0. The number of anilines is 1. The van der Waals surface area contributed by atoms with E-state index in [0.717, 1.165) is 0 Å². The van der Waals surface area contributed by atoms with Crippen LogP contribution < -0.4 is 10.1 Å². The molecule has 0 radical (unpaired) electrons. The number of benzene rings is 1. The Morgan fingerprint density at radius 1 is 1.21 bits per heavy atom. The van der Waals surface area contributed by atoms with Gasteiger partial charge in [-0.1, -0.05) is 0 Å². The van der Waals surface area contributed by atoms with Crippen LogP contribution in [0.25, 0.3) is 0 Å². The van der Waals surface area contributed by atoms with Gasteiger partial charge in [-0.25, -0.2) is 0 Å². The molecule has 5 heteroatoms. The fourth-order valence-corrected chi connectivity index (χ4v) is 0.911. The molecule has 0 amide bonds. The molecule has 0 aliphatic carbocycles. The smallest absolute Gasteiger partial charge is 0.405 e. The Balaban J connectivity index is 2.52. The summed E-state index contributed by atoms with van der Waals surface area (Å²) in [6.45, 7) is -1.03. The van der Waals surface area contributed by atoms with Gasteiger partial charge in [0.15, 0.2) is 0 Å². The fourth-order valence-electron chi connectivity index (χ4n) is 0.911. The first kappa shape index (κ1) is 10.7. The molecule has 0 atom stereocenters. The topological polar surface area (TPSA) is 21.3 Å². The van der Waals surface area contributed by atoms with E-state index in [4.69, 9.17) is 4.74 Å². The third kappa shape index (κ3) is 3.55. The normalized spacial score (nSPS) is 11.1. The lowest BCUT2D eigenvalue weighted by molar-refractivity contribution is -0.115. The van der Waals surface area contributed by atoms with E-state index < -0.39 is 12.7 Å². The van der Waals surface area contributed by atoms with Gasteiger partial charge in [-0.2, -0.15) is 13.2 Å². The van der Waals surface area contributed by atoms with Gasteiger partial charge in [-0.05, 0) is 24.3 Å². The highest BCUT2D eigenvalue weighted by atomic mass is 19.4. The van der Waals surface area contributed by atoms with Crippen LogP contribution in [0, 0.1) is 0 Å². The summed E-state index contributed by atoms with van der Waals surface area (Å²) in [5, 5.41) is 2.26. The number of rotatable bonds is 3. The van der Waals surface area contributed by atoms with Gasteiger partial charge in [0.25, 0.3) is 0 Å². The van der Waals surface area contributed by atoms with Gasteiger partial charge < -0.3 is 10.1 Å². The lowest BCUT2D eigenvalue weighted by Crippen LogP contribution is -2.21. The van der Waals surface area contributed by atoms with Crippen molar-refractivity contribution in [3.63, 3.8) is 0 Å². The summed E-state index contributed by atoms with van der Waals surface area (Å²) in [5.41, 5.74) is 0.420. The zero-order valence-corrected chi connectivity index (χ0v) is 7.56. The maximum absolute atomic E-state index is 11.8. The third-order valence-electron chi connectivity index (χ3n) is 1.58. The van der Waals surface area contributed by atoms with Gasteiger partial charge >= 0.3 is 6.18 Å². The Labute approximate surface area is 79.7 Å². The summed E-state index contributed by atoms with van der Waals surface area (Å²) in [6.07, 6.45) is -4.19. The number of ether oxygens (including phenoxy) is 1. The maximum atomic E-state index is 11.8. The van der Waals surface area contributed by atoms with Gasteiger partial charge in [0.1, 0.15) is 12.3 Å². The van der Waals surface area contributed by atoms with E-state index in [1.165, 1.54) is 19.2 Å². The molecule has 2 nitrogen and oxygen atoms in total. The van der Waals surface area contributed by atoms with Crippen LogP contribution in [0.5, 0.6) is 5.75 Å². The highest BCUT2D eigenvalue weighted by Crippen LogP contribution is 2.18. The van der Waals surface area contributed by atoms with Gasteiger partial charge in [0, 0.05) is 5.69 Å². The van der Waals surface area contributed by atoms with Crippen LogP contribution in [-0.2, 0) is 0 Å². The van der Waals surface area contributed by atoms with Crippen LogP contribution in [0.15, 0.2) is 24.3 Å². The summed E-state index contributed by atoms with van der Waals surface area (Å²) in [4.78, 5) is 0. The molecule has 0 aromatic heterocycles. The van der Waals surface area contributed by atoms with E-state index in [9.17, 15) is 13.2 Å². The minimum absolute atomic E-state index is 0.420. The monoisotopic (exact) mass is 205 g/mol. The van der Waals surface area contributed by atoms with Crippen molar-refractivity contribution in [3.8, 4) is 5.75 Å². The van der Waals surface area contributed by atoms with E-state index in [1.807, 2.05) is 0 Å². The van der Waals surface area contributed by atoms with Crippen LogP contribution >= 0.6 is 0 Å². The molecule has 1 rings (SSSR count). The SMILES string of the molecule is COc1ccc(NCC(F)(F)F)cc1. The van der Waals surface area contributed by atoms with Crippen LogP contribution in [0.2, 0.25) is 0 Å². The Kier molecular flexibility index (Phi) is 3.22. The Hall–Kier alpha value is -1.39. The Morgan fingerprint density at radius 2 is 1.79 bits per heavy atom. The molecule has 14 heavy (non-hydrogen) atoms. The molecule has 0 fully saturated rings. The number of methoxy groups -OCH3 is 1. The number of hydrogen-bond donors (Lipinski definition) is 1. The lowest BCUT2D eigenvalue weighted by atomic mass is 10.3. The number of hydrogen-bond acceptors (Lipinski definition) is 2. The summed E-state index contributed by atoms with van der Waals surface area (Å²) in [7, 11) is 1.50. The fraction of sp³-hybridized carbons (Fsp3) is 0.333. The second-order valence-electron chi connectivity index (χ2n) is 2.70. The molecule has 0 heterocycles. The number of halogens is 3. The molecule has 0 unspecified atom stereocenters. The molecule has 78 valence electrons. The highest BCUT2D eigenvalue weighted by Gasteiger charge is 2.26. The van der Waals surface area contributed by atoms with E-state index in [0.29, 0.717) is 11.4 Å². The van der Waals surface area contributed by atoms with Crippen molar-refractivity contribution in [2.45, 2.75) is 6.18 Å². The molecule has 0 saturated heterocycles. The first-order valence-electron chi connectivity index (χ1n) is 3.96. The van der Waals surface area contributed by atoms with Crippen molar-refractivity contribution in [2.75, 3.05) is 19.0 Å². The van der Waals surface area contributed by atoms with Crippen LogP contribution in [0.1, 0.15) is 0 Å². The first-order chi connectivity index (χ1) is 6.51. The minimum atomic E-state index is -4.19. The minimum Gasteiger partial charge on any atom is -0.497 e. The Bertz CT molecular complexity index is 281. The third-order valence-corrected chi connectivity index (χ3v) is 1.58. The van der Waals surface area contributed by atoms with Crippen LogP contribution in [0.4, 0.5) is 18.9 Å². The molecule has 0 spiro atoms. The predicted molar refractivity (Wildman–Crippen MR) is 47.5 cm³/mol. The molecule has 0 aliphatic rings. The van der Waals surface area contributed by atoms with E-state index in [1.54, 1.807) is 12.1 Å². The second kappa shape index (κ2) is 4.21. The standard InChI is InChI=1S/C9H10F3NO/c1-14-8-4-2-7(3-5-8)13-6-9(10,11)12/h2-5,13H,6H2,1H3. The summed E-state index contributed by atoms with van der Waals surface area (Å²) in [6, 6.07) is 6.26. The van der Waals surface area contributed by atoms with Gasteiger partial charge in [-0.3, -0.25) is 0 Å². The summed E-state index contributed by atoms with van der Waals surface area (Å²) < 4.78 is 40.3. The van der Waals surface area contributed by atoms with Gasteiger partial charge in [0.05, 0.1) is 7.11 Å². The van der Waals surface area contributed by atoms with Crippen molar-refractivity contribution < 1.29 is 17.9 Å². The molecule has 1 aromatic carbocycles. The number of alkyl halides is 3. The highest BCUT2D eigenvalue weighted by molar-refractivity contribution is 5.46. The number of nitrogens with one attached hydrogen (secondary N) is 1. The van der Waals surface area contributed by atoms with Crippen molar-refractivity contribution in [1.82, 2.24) is 0 Å². The summed E-state index contributed by atoms with van der Waals surface area (Å²) in [5.74, 6) is 0.613. The molecule has 0 saturated carbocycles. The largest absolute Gasteiger partial charge is 0.497 e. The zero-order chi connectivity index (χ0) is 10.6. The van der Waals surface area contributed by atoms with E-state index >= 15 is 0 Å². The molecule has 1 aromatic rings. The molecule has 0 aliphatic heterocycles. The molecular weight excluding hydrogens is 195 g/mol. The molecular formula is C9H10F3NO. The quantitative estimate of drug-likeness (QED) is 0.819. The Morgan fingerprint density at radius 3 is 2.21 bits per heavy atom. The maximum Gasteiger partial charge on any atom is 0.405 e. The average Bonchev–Trinajstić information content (AvgIpc) is 2.14. The lowest BCUT2D eigenvalue weighted by Gasteiger charge is -2.09. The first-order valence-corrected chi connectivity index (χ1v) is 3.96. The van der Waals surface area contributed by atoms with Crippen molar-refractivity contribution in [3.05, 3.63) is 24.3 Å². The van der Waals surface area contributed by atoms with Crippen molar-refractivity contribution in [1.29, 1.82) is 0 Å². The molecule has 1 N–H and O–H groups in total. The van der Waals surface area contributed by atoms with Crippen molar-refractivity contribution in [2.24, 2.45) is 0 Å². The average molecular weight is 205 g/mol. The van der Waals surface area contributed by atoms with E-state index in [-0.39, 0.29) is 0 Å². The van der Waals surface area contributed by atoms with Crippen LogP contribution in [0.3, 0.4) is 0 Å². The van der Waals surface area contributed by atoms with Gasteiger partial charge in [0.2, 0.25) is 0 Å². The van der Waals surface area contributed by atoms with Gasteiger partial charge in [-0.15, -0.1) is 0 Å². The van der Waals surface area contributed by atoms with Crippen molar-refractivity contribution >= 4 is 5.69 Å².